The first-order chi connectivity index (χ1) is 10.2. The number of hydrogen-bond donors (Lipinski definition) is 1. The lowest BCUT2D eigenvalue weighted by Gasteiger charge is -2.24. The Labute approximate surface area is 123 Å². The zero-order valence-electron chi connectivity index (χ0n) is 12.1. The van der Waals surface area contributed by atoms with E-state index in [-0.39, 0.29) is 0 Å². The van der Waals surface area contributed by atoms with Crippen LogP contribution in [0.25, 0.3) is 11.3 Å². The van der Waals surface area contributed by atoms with E-state index in [4.69, 9.17) is 0 Å². The molecular formula is C16H19F2N3. The van der Waals surface area contributed by atoms with E-state index in [1.165, 1.54) is 25.3 Å². The molecule has 1 aliphatic rings. The Morgan fingerprint density at radius 3 is 2.57 bits per heavy atom. The van der Waals surface area contributed by atoms with Gasteiger partial charge in [-0.25, -0.2) is 13.8 Å². The SMILES string of the molecule is CNc1nc(-c2ccc(F)c(F)c2)cn1C1CCCCC1. The van der Waals surface area contributed by atoms with Gasteiger partial charge in [0.1, 0.15) is 0 Å². The maximum atomic E-state index is 13.4. The van der Waals surface area contributed by atoms with Crippen molar-refractivity contribution in [2.24, 2.45) is 0 Å². The Morgan fingerprint density at radius 2 is 1.90 bits per heavy atom. The van der Waals surface area contributed by atoms with Gasteiger partial charge < -0.3 is 9.88 Å². The zero-order valence-corrected chi connectivity index (χ0v) is 12.1. The molecule has 0 aliphatic heterocycles. The van der Waals surface area contributed by atoms with Crippen LogP contribution in [-0.2, 0) is 0 Å². The van der Waals surface area contributed by atoms with Gasteiger partial charge in [0.2, 0.25) is 5.95 Å². The predicted molar refractivity (Wildman–Crippen MR) is 79.2 cm³/mol. The molecule has 1 saturated carbocycles. The lowest BCUT2D eigenvalue weighted by Crippen LogP contribution is -2.14. The molecule has 3 rings (SSSR count). The molecule has 0 saturated heterocycles. The second-order valence-corrected chi connectivity index (χ2v) is 5.53. The molecule has 0 amide bonds. The molecule has 2 aromatic rings. The number of nitrogens with one attached hydrogen (secondary N) is 1. The number of aromatic nitrogens is 2. The highest BCUT2D eigenvalue weighted by Gasteiger charge is 2.19. The molecule has 1 aromatic heterocycles. The molecule has 0 spiro atoms. The topological polar surface area (TPSA) is 29.9 Å². The summed E-state index contributed by atoms with van der Waals surface area (Å²) in [6.45, 7) is 0. The molecule has 0 radical (unpaired) electrons. The molecule has 3 nitrogen and oxygen atoms in total. The summed E-state index contributed by atoms with van der Waals surface area (Å²) >= 11 is 0. The largest absolute Gasteiger partial charge is 0.359 e. The van der Waals surface area contributed by atoms with Crippen LogP contribution in [0.15, 0.2) is 24.4 Å². The molecule has 112 valence electrons. The summed E-state index contributed by atoms with van der Waals surface area (Å²) in [6.07, 6.45) is 7.97. The fraction of sp³-hybridized carbons (Fsp3) is 0.438. The van der Waals surface area contributed by atoms with Gasteiger partial charge in [0, 0.05) is 24.8 Å². The van der Waals surface area contributed by atoms with Gasteiger partial charge in [-0.05, 0) is 31.0 Å². The summed E-state index contributed by atoms with van der Waals surface area (Å²) in [5.41, 5.74) is 1.27. The van der Waals surface area contributed by atoms with E-state index in [0.717, 1.165) is 24.9 Å². The van der Waals surface area contributed by atoms with Crippen LogP contribution in [0.3, 0.4) is 0 Å². The maximum absolute atomic E-state index is 13.4. The minimum absolute atomic E-state index is 0.438. The van der Waals surface area contributed by atoms with Gasteiger partial charge in [-0.15, -0.1) is 0 Å². The van der Waals surface area contributed by atoms with Gasteiger partial charge in [0.05, 0.1) is 5.69 Å². The minimum atomic E-state index is -0.842. The van der Waals surface area contributed by atoms with Gasteiger partial charge in [-0.2, -0.15) is 0 Å². The molecular weight excluding hydrogens is 272 g/mol. The van der Waals surface area contributed by atoms with Crippen molar-refractivity contribution >= 4 is 5.95 Å². The second-order valence-electron chi connectivity index (χ2n) is 5.53. The molecule has 0 atom stereocenters. The minimum Gasteiger partial charge on any atom is -0.359 e. The van der Waals surface area contributed by atoms with Crippen LogP contribution in [0.4, 0.5) is 14.7 Å². The molecule has 1 aliphatic carbocycles. The van der Waals surface area contributed by atoms with Crippen LogP contribution in [0.2, 0.25) is 0 Å². The highest BCUT2D eigenvalue weighted by Crippen LogP contribution is 2.32. The van der Waals surface area contributed by atoms with Crippen molar-refractivity contribution in [3.63, 3.8) is 0 Å². The third kappa shape index (κ3) is 2.77. The van der Waals surface area contributed by atoms with Crippen molar-refractivity contribution in [3.05, 3.63) is 36.0 Å². The van der Waals surface area contributed by atoms with E-state index in [0.29, 0.717) is 17.3 Å². The summed E-state index contributed by atoms with van der Waals surface area (Å²) in [6, 6.07) is 4.34. The van der Waals surface area contributed by atoms with Gasteiger partial charge in [0.25, 0.3) is 0 Å². The van der Waals surface area contributed by atoms with Crippen LogP contribution in [0.1, 0.15) is 38.1 Å². The molecule has 1 aromatic carbocycles. The van der Waals surface area contributed by atoms with Crippen LogP contribution in [-0.4, -0.2) is 16.6 Å². The Kier molecular flexibility index (Phi) is 3.90. The van der Waals surface area contributed by atoms with E-state index in [1.54, 1.807) is 6.07 Å². The Hall–Kier alpha value is -1.91. The van der Waals surface area contributed by atoms with E-state index >= 15 is 0 Å². The smallest absolute Gasteiger partial charge is 0.203 e. The van der Waals surface area contributed by atoms with E-state index in [1.807, 2.05) is 13.2 Å². The number of rotatable bonds is 3. The summed E-state index contributed by atoms with van der Waals surface area (Å²) in [7, 11) is 1.83. The average molecular weight is 291 g/mol. The van der Waals surface area contributed by atoms with Gasteiger partial charge >= 0.3 is 0 Å². The molecule has 5 heteroatoms. The van der Waals surface area contributed by atoms with Crippen molar-refractivity contribution < 1.29 is 8.78 Å². The van der Waals surface area contributed by atoms with Gasteiger partial charge in [-0.1, -0.05) is 19.3 Å². The van der Waals surface area contributed by atoms with E-state index in [9.17, 15) is 8.78 Å². The van der Waals surface area contributed by atoms with E-state index in [2.05, 4.69) is 14.9 Å². The number of nitrogens with zero attached hydrogens (tertiary/aromatic N) is 2. The first-order valence-corrected chi connectivity index (χ1v) is 7.41. The highest BCUT2D eigenvalue weighted by atomic mass is 19.2. The summed E-state index contributed by atoms with van der Waals surface area (Å²) in [4.78, 5) is 4.51. The molecule has 1 heterocycles. The quantitative estimate of drug-likeness (QED) is 0.909. The third-order valence-corrected chi connectivity index (χ3v) is 4.14. The van der Waals surface area contributed by atoms with Crippen molar-refractivity contribution in [1.82, 2.24) is 9.55 Å². The number of imidazole rings is 1. The zero-order chi connectivity index (χ0) is 14.8. The Balaban J connectivity index is 1.96. The average Bonchev–Trinajstić information content (AvgIpc) is 2.95. The maximum Gasteiger partial charge on any atom is 0.203 e. The summed E-state index contributed by atoms with van der Waals surface area (Å²) in [5.74, 6) is -0.897. The standard InChI is InChI=1S/C16H19F2N3/c1-19-16-20-15(11-7-8-13(17)14(18)9-11)10-21(16)12-5-3-2-4-6-12/h7-10,12H,2-6H2,1H3,(H,19,20). The summed E-state index contributed by atoms with van der Waals surface area (Å²) < 4.78 is 28.6. The first-order valence-electron chi connectivity index (χ1n) is 7.41. The normalized spacial score (nSPS) is 16.1. The van der Waals surface area contributed by atoms with Crippen molar-refractivity contribution in [2.45, 2.75) is 38.1 Å². The second kappa shape index (κ2) is 5.84. The van der Waals surface area contributed by atoms with Crippen molar-refractivity contribution in [1.29, 1.82) is 0 Å². The molecule has 1 fully saturated rings. The van der Waals surface area contributed by atoms with Crippen LogP contribution < -0.4 is 5.32 Å². The number of anilines is 1. The predicted octanol–water partition coefficient (Wildman–Crippen LogP) is 4.38. The lowest BCUT2D eigenvalue weighted by atomic mass is 9.95. The van der Waals surface area contributed by atoms with Crippen LogP contribution in [0, 0.1) is 11.6 Å². The molecule has 1 N–H and O–H groups in total. The monoisotopic (exact) mass is 291 g/mol. The fourth-order valence-corrected chi connectivity index (χ4v) is 3.01. The van der Waals surface area contributed by atoms with Gasteiger partial charge in [0.15, 0.2) is 11.6 Å². The number of halogens is 2. The third-order valence-electron chi connectivity index (χ3n) is 4.14. The van der Waals surface area contributed by atoms with Crippen LogP contribution >= 0.6 is 0 Å². The Bertz CT molecular complexity index is 630. The number of hydrogen-bond acceptors (Lipinski definition) is 2. The summed E-state index contributed by atoms with van der Waals surface area (Å²) in [5, 5.41) is 3.09. The fourth-order valence-electron chi connectivity index (χ4n) is 3.01. The molecule has 0 bridgehead atoms. The van der Waals surface area contributed by atoms with E-state index < -0.39 is 11.6 Å². The van der Waals surface area contributed by atoms with Crippen LogP contribution in [0.5, 0.6) is 0 Å². The van der Waals surface area contributed by atoms with Gasteiger partial charge in [-0.3, -0.25) is 0 Å². The van der Waals surface area contributed by atoms with Crippen molar-refractivity contribution in [3.8, 4) is 11.3 Å². The Morgan fingerprint density at radius 1 is 1.14 bits per heavy atom. The molecule has 21 heavy (non-hydrogen) atoms. The molecule has 0 unspecified atom stereocenters. The van der Waals surface area contributed by atoms with Crippen molar-refractivity contribution in [2.75, 3.05) is 12.4 Å². The first kappa shape index (κ1) is 14.0. The number of benzene rings is 1. The lowest BCUT2D eigenvalue weighted by molar-refractivity contribution is 0.356. The highest BCUT2D eigenvalue weighted by molar-refractivity contribution is 5.61.